The molecule has 0 spiro atoms. The van der Waals surface area contributed by atoms with Crippen LogP contribution in [0.15, 0.2) is 34.9 Å². The molecule has 6 nitrogen and oxygen atoms in total. The largest absolute Gasteiger partial charge is 0.481 e. The number of aliphatic carboxylic acids is 1. The Morgan fingerprint density at radius 1 is 1.20 bits per heavy atom. The van der Waals surface area contributed by atoms with Crippen LogP contribution in [0.3, 0.4) is 0 Å². The Morgan fingerprint density at radius 2 is 1.88 bits per heavy atom. The molecule has 0 radical (unpaired) electrons. The third-order valence-electron chi connectivity index (χ3n) is 4.87. The quantitative estimate of drug-likeness (QED) is 0.565. The minimum atomic E-state index is -4.25. The molecule has 1 aromatic carbocycles. The van der Waals surface area contributed by atoms with Gasteiger partial charge in [0.15, 0.2) is 0 Å². The lowest BCUT2D eigenvalue weighted by Gasteiger charge is -2.39. The minimum Gasteiger partial charge on any atom is -0.481 e. The van der Waals surface area contributed by atoms with Crippen molar-refractivity contribution in [3.05, 3.63) is 35.5 Å². The van der Waals surface area contributed by atoms with Gasteiger partial charge in [-0.1, -0.05) is 20.3 Å². The molecule has 0 aromatic heterocycles. The van der Waals surface area contributed by atoms with Gasteiger partial charge in [-0.05, 0) is 49.1 Å². The first-order valence-electron chi connectivity index (χ1n) is 8.33. The van der Waals surface area contributed by atoms with Crippen molar-refractivity contribution in [2.45, 2.75) is 56.8 Å². The zero-order chi connectivity index (χ0) is 18.8. The zero-order valence-electron chi connectivity index (χ0n) is 14.8. The van der Waals surface area contributed by atoms with Crippen LogP contribution in [-0.2, 0) is 20.3 Å². The van der Waals surface area contributed by atoms with E-state index in [0.717, 1.165) is 36.2 Å². The number of carboxylic acid groups (broad SMARTS) is 1. The van der Waals surface area contributed by atoms with Crippen LogP contribution in [0.2, 0.25) is 0 Å². The van der Waals surface area contributed by atoms with E-state index in [-0.39, 0.29) is 16.7 Å². The summed E-state index contributed by atoms with van der Waals surface area (Å²) >= 11 is 0. The van der Waals surface area contributed by atoms with E-state index in [2.05, 4.69) is 11.1 Å². The molecule has 2 N–H and O–H groups in total. The molecule has 1 heterocycles. The molecule has 0 amide bonds. The fraction of sp³-hybridized carbons (Fsp3) is 0.500. The van der Waals surface area contributed by atoms with Gasteiger partial charge in [-0.3, -0.25) is 9.35 Å². The van der Waals surface area contributed by atoms with Crippen molar-refractivity contribution in [3.63, 3.8) is 0 Å². The van der Waals surface area contributed by atoms with Gasteiger partial charge in [-0.2, -0.15) is 8.42 Å². The molecule has 2 rings (SSSR count). The molecule has 25 heavy (non-hydrogen) atoms. The second kappa shape index (κ2) is 7.17. The summed E-state index contributed by atoms with van der Waals surface area (Å²) in [5, 5.41) is 8.69. The highest BCUT2D eigenvalue weighted by Crippen LogP contribution is 2.43. The molecule has 1 aliphatic heterocycles. The highest BCUT2D eigenvalue weighted by Gasteiger charge is 2.32. The first kappa shape index (κ1) is 19.5. The fourth-order valence-electron chi connectivity index (χ4n) is 3.02. The van der Waals surface area contributed by atoms with Crippen LogP contribution >= 0.6 is 0 Å². The highest BCUT2D eigenvalue weighted by atomic mass is 32.2. The third kappa shape index (κ3) is 4.41. The van der Waals surface area contributed by atoms with Crippen LogP contribution in [0.4, 0.5) is 5.69 Å². The molecule has 0 atom stereocenters. The van der Waals surface area contributed by atoms with Gasteiger partial charge in [-0.25, -0.2) is 0 Å². The van der Waals surface area contributed by atoms with Gasteiger partial charge in [0.25, 0.3) is 10.1 Å². The van der Waals surface area contributed by atoms with E-state index in [4.69, 9.17) is 5.11 Å². The summed E-state index contributed by atoms with van der Waals surface area (Å²) in [7, 11) is -4.25. The Hall–Kier alpha value is -1.86. The van der Waals surface area contributed by atoms with E-state index < -0.39 is 16.1 Å². The second-order valence-corrected chi connectivity index (χ2v) is 8.41. The van der Waals surface area contributed by atoms with E-state index in [1.165, 1.54) is 6.07 Å². The van der Waals surface area contributed by atoms with Gasteiger partial charge in [0.1, 0.15) is 0 Å². The van der Waals surface area contributed by atoms with Crippen LogP contribution < -0.4 is 4.90 Å². The van der Waals surface area contributed by atoms with Gasteiger partial charge < -0.3 is 10.0 Å². The summed E-state index contributed by atoms with van der Waals surface area (Å²) in [6.45, 7) is 6.77. The Labute approximate surface area is 148 Å². The van der Waals surface area contributed by atoms with Gasteiger partial charge >= 0.3 is 5.97 Å². The lowest BCUT2D eigenvalue weighted by molar-refractivity contribution is -0.137. The standard InChI is InChI=1S/C18H25NO5S/c1-13-12-19(10-6-4-5-7-17(20)21)16-9-8-14(25(22,23)24)11-15(16)18(13,2)3/h8-9,11-12H,4-7,10H2,1-3H3,(H,20,21)(H,22,23,24). The Kier molecular flexibility index (Phi) is 5.58. The Balaban J connectivity index is 2.24. The number of benzene rings is 1. The molecule has 1 aliphatic rings. The molecule has 7 heteroatoms. The first-order valence-corrected chi connectivity index (χ1v) is 9.77. The molecule has 1 aromatic rings. The fourth-order valence-corrected chi connectivity index (χ4v) is 3.53. The predicted octanol–water partition coefficient (Wildman–Crippen LogP) is 3.58. The maximum absolute atomic E-state index is 11.5. The summed E-state index contributed by atoms with van der Waals surface area (Å²) in [4.78, 5) is 12.5. The number of hydrogen-bond donors (Lipinski definition) is 2. The number of hydrogen-bond acceptors (Lipinski definition) is 4. The topological polar surface area (TPSA) is 94.9 Å². The summed E-state index contributed by atoms with van der Waals surface area (Å²) in [5.74, 6) is -0.779. The number of nitrogens with zero attached hydrogens (tertiary/aromatic N) is 1. The molecular weight excluding hydrogens is 342 g/mol. The van der Waals surface area contributed by atoms with Gasteiger partial charge in [0.2, 0.25) is 0 Å². The van der Waals surface area contributed by atoms with Crippen LogP contribution in [0.1, 0.15) is 52.0 Å². The van der Waals surface area contributed by atoms with E-state index in [1.807, 2.05) is 20.8 Å². The lowest BCUT2D eigenvalue weighted by Crippen LogP contribution is -2.32. The molecule has 0 bridgehead atoms. The maximum atomic E-state index is 11.5. The number of rotatable bonds is 7. The van der Waals surface area contributed by atoms with Crippen molar-refractivity contribution in [1.29, 1.82) is 0 Å². The average Bonchev–Trinajstić information content (AvgIpc) is 2.50. The molecule has 138 valence electrons. The Morgan fingerprint density at radius 3 is 2.48 bits per heavy atom. The lowest BCUT2D eigenvalue weighted by atomic mass is 9.75. The van der Waals surface area contributed by atoms with E-state index in [0.29, 0.717) is 6.42 Å². The van der Waals surface area contributed by atoms with Crippen molar-refractivity contribution in [2.75, 3.05) is 11.4 Å². The second-order valence-electron chi connectivity index (χ2n) is 6.99. The van der Waals surface area contributed by atoms with Crippen molar-refractivity contribution in [3.8, 4) is 0 Å². The van der Waals surface area contributed by atoms with Gasteiger partial charge in [-0.15, -0.1) is 0 Å². The maximum Gasteiger partial charge on any atom is 0.303 e. The molecule has 0 saturated heterocycles. The Bertz CT molecular complexity index is 796. The monoisotopic (exact) mass is 367 g/mol. The normalized spacial score (nSPS) is 16.3. The molecule has 0 fully saturated rings. The number of allylic oxidation sites excluding steroid dienone is 1. The summed E-state index contributed by atoms with van der Waals surface area (Å²) in [6.07, 6.45) is 4.54. The van der Waals surface area contributed by atoms with Gasteiger partial charge in [0.05, 0.1) is 4.90 Å². The molecular formula is C18H25NO5S. The van der Waals surface area contributed by atoms with Crippen LogP contribution in [0.25, 0.3) is 0 Å². The van der Waals surface area contributed by atoms with Crippen molar-refractivity contribution in [2.24, 2.45) is 0 Å². The van der Waals surface area contributed by atoms with Crippen LogP contribution in [0.5, 0.6) is 0 Å². The van der Waals surface area contributed by atoms with E-state index in [9.17, 15) is 17.8 Å². The minimum absolute atomic E-state index is 0.101. The molecule has 0 aliphatic carbocycles. The highest BCUT2D eigenvalue weighted by molar-refractivity contribution is 7.85. The third-order valence-corrected chi connectivity index (χ3v) is 5.72. The van der Waals surface area contributed by atoms with Crippen LogP contribution in [0, 0.1) is 0 Å². The van der Waals surface area contributed by atoms with E-state index >= 15 is 0 Å². The van der Waals surface area contributed by atoms with Crippen molar-refractivity contribution >= 4 is 21.8 Å². The summed E-state index contributed by atoms with van der Waals surface area (Å²) in [6, 6.07) is 4.68. The zero-order valence-corrected chi connectivity index (χ0v) is 15.6. The number of anilines is 1. The van der Waals surface area contributed by atoms with Crippen LogP contribution in [-0.4, -0.2) is 30.6 Å². The number of carboxylic acids is 1. The summed E-state index contributed by atoms with van der Waals surface area (Å²) in [5.41, 5.74) is 2.53. The SMILES string of the molecule is CC1=CN(CCCCCC(=O)O)c2ccc(S(=O)(=O)O)cc2C1(C)C. The van der Waals surface area contributed by atoms with Crippen molar-refractivity contribution in [1.82, 2.24) is 0 Å². The van der Waals surface area contributed by atoms with Crippen molar-refractivity contribution < 1.29 is 22.9 Å². The smallest absolute Gasteiger partial charge is 0.303 e. The van der Waals surface area contributed by atoms with Gasteiger partial charge in [0, 0.05) is 30.3 Å². The summed E-state index contributed by atoms with van der Waals surface area (Å²) < 4.78 is 32.3. The predicted molar refractivity (Wildman–Crippen MR) is 96.5 cm³/mol. The number of unbranched alkanes of at least 4 members (excludes halogenated alkanes) is 2. The molecule has 0 saturated carbocycles. The van der Waals surface area contributed by atoms with E-state index in [1.54, 1.807) is 12.1 Å². The first-order chi connectivity index (χ1) is 11.5. The average molecular weight is 367 g/mol. The number of carbonyl (C=O) groups is 1. The number of fused-ring (bicyclic) bond motifs is 1. The molecule has 0 unspecified atom stereocenters.